The monoisotopic (exact) mass is 694 g/mol. The molecule has 0 aliphatic rings. The maximum absolute atomic E-state index is 11.9. The molecule has 2 rings (SSSR count). The van der Waals surface area contributed by atoms with Gasteiger partial charge < -0.3 is 0 Å². The molecule has 0 amide bonds. The molecule has 45 heavy (non-hydrogen) atoms. The molecule has 0 radical (unpaired) electrons. The van der Waals surface area contributed by atoms with E-state index < -0.39 is 20.2 Å². The van der Waals surface area contributed by atoms with E-state index in [0.717, 1.165) is 25.7 Å². The zero-order valence-electron chi connectivity index (χ0n) is 27.6. The molecule has 9 heteroatoms. The van der Waals surface area contributed by atoms with Crippen LogP contribution in [-0.4, -0.2) is 67.8 Å². The molecule has 0 aliphatic carbocycles. The molecule has 256 valence electrons. The standard InChI is InChI=1S/2C18H30O3S.Ca.2H/c2*1-2-3-4-5-6-7-8-9-10-14-17-21-22(19,20)18-15-12-11-13-16-18;;;/h2*11-13,15-16H,2-10,14,17H2,1H3;;;. The van der Waals surface area contributed by atoms with Crippen LogP contribution in [0, 0.1) is 0 Å². The molecule has 2 aromatic carbocycles. The first-order valence-corrected chi connectivity index (χ1v) is 20.0. The fourth-order valence-corrected chi connectivity index (χ4v) is 6.75. The van der Waals surface area contributed by atoms with Crippen LogP contribution < -0.4 is 0 Å². The van der Waals surface area contributed by atoms with Gasteiger partial charge in [-0.3, -0.25) is 8.37 Å². The molecule has 2 aromatic rings. The third-order valence-electron chi connectivity index (χ3n) is 7.54. The Balaban J connectivity index is 0.000000842. The summed E-state index contributed by atoms with van der Waals surface area (Å²) in [5.74, 6) is 0. The van der Waals surface area contributed by atoms with Crippen molar-refractivity contribution in [2.45, 2.75) is 152 Å². The van der Waals surface area contributed by atoms with E-state index in [4.69, 9.17) is 8.37 Å². The van der Waals surface area contributed by atoms with E-state index >= 15 is 0 Å². The van der Waals surface area contributed by atoms with Crippen molar-refractivity contribution in [3.05, 3.63) is 60.7 Å². The molecule has 0 bridgehead atoms. The van der Waals surface area contributed by atoms with Crippen molar-refractivity contribution >= 4 is 58.0 Å². The van der Waals surface area contributed by atoms with Crippen molar-refractivity contribution in [2.75, 3.05) is 13.2 Å². The Morgan fingerprint density at radius 1 is 0.400 bits per heavy atom. The summed E-state index contributed by atoms with van der Waals surface area (Å²) in [5.41, 5.74) is 0. The van der Waals surface area contributed by atoms with Crippen molar-refractivity contribution in [1.29, 1.82) is 0 Å². The molecule has 0 saturated heterocycles. The van der Waals surface area contributed by atoms with Gasteiger partial charge in [-0.1, -0.05) is 166 Å². The topological polar surface area (TPSA) is 86.7 Å². The summed E-state index contributed by atoms with van der Waals surface area (Å²) in [6.45, 7) is 5.04. The summed E-state index contributed by atoms with van der Waals surface area (Å²) in [6.07, 6.45) is 24.5. The molecule has 0 aromatic heterocycles. The van der Waals surface area contributed by atoms with Gasteiger partial charge in [0.15, 0.2) is 0 Å². The van der Waals surface area contributed by atoms with Gasteiger partial charge in [-0.25, -0.2) is 0 Å². The Morgan fingerprint density at radius 2 is 0.644 bits per heavy atom. The Bertz CT molecular complexity index is 1040. The van der Waals surface area contributed by atoms with Gasteiger partial charge in [-0.15, -0.1) is 0 Å². The Morgan fingerprint density at radius 3 is 0.911 bits per heavy atom. The van der Waals surface area contributed by atoms with Crippen LogP contribution in [0.1, 0.15) is 142 Å². The van der Waals surface area contributed by atoms with Crippen LogP contribution in [-0.2, 0) is 28.6 Å². The normalized spacial score (nSPS) is 11.4. The maximum atomic E-state index is 11.9. The van der Waals surface area contributed by atoms with Crippen LogP contribution in [0.25, 0.3) is 0 Å². The number of unbranched alkanes of at least 4 members (excludes halogenated alkanes) is 18. The van der Waals surface area contributed by atoms with Crippen molar-refractivity contribution < 1.29 is 25.2 Å². The van der Waals surface area contributed by atoms with Crippen LogP contribution in [0.5, 0.6) is 0 Å². The fraction of sp³-hybridized carbons (Fsp3) is 0.667. The SMILES string of the molecule is CCCCCCCCCCCCOS(=O)(=O)c1ccccc1.CCCCCCCCCCCCOS(=O)(=O)c1ccccc1.[CaH2]. The molecule has 0 saturated carbocycles. The van der Waals surface area contributed by atoms with E-state index in [1.54, 1.807) is 60.7 Å². The number of rotatable bonds is 26. The minimum atomic E-state index is -3.57. The quantitative estimate of drug-likeness (QED) is 0.0554. The Hall–Kier alpha value is -0.480. The van der Waals surface area contributed by atoms with Gasteiger partial charge >= 0.3 is 37.7 Å². The Kier molecular flexibility index (Phi) is 29.3. The second kappa shape index (κ2) is 29.6. The first-order valence-electron chi connectivity index (χ1n) is 17.2. The average molecular weight is 695 g/mol. The third-order valence-corrected chi connectivity index (χ3v) is 10.2. The molecule has 6 nitrogen and oxygen atoms in total. The second-order valence-electron chi connectivity index (χ2n) is 11.5. The van der Waals surface area contributed by atoms with E-state index in [0.29, 0.717) is 0 Å². The van der Waals surface area contributed by atoms with E-state index in [1.165, 1.54) is 103 Å². The number of benzene rings is 2. The van der Waals surface area contributed by atoms with Crippen molar-refractivity contribution in [3.8, 4) is 0 Å². The van der Waals surface area contributed by atoms with Gasteiger partial charge in [-0.2, -0.15) is 16.8 Å². The Labute approximate surface area is 306 Å². The van der Waals surface area contributed by atoms with Crippen LogP contribution >= 0.6 is 0 Å². The zero-order valence-corrected chi connectivity index (χ0v) is 29.2. The van der Waals surface area contributed by atoms with E-state index in [1.807, 2.05) is 0 Å². The van der Waals surface area contributed by atoms with Crippen molar-refractivity contribution in [3.63, 3.8) is 0 Å². The predicted octanol–water partition coefficient (Wildman–Crippen LogP) is 9.71. The first kappa shape index (κ1) is 44.5. The molecule has 0 N–H and O–H groups in total. The zero-order chi connectivity index (χ0) is 32.2. The molecule has 0 aliphatic heterocycles. The molecule has 0 spiro atoms. The number of hydrogen-bond acceptors (Lipinski definition) is 6. The van der Waals surface area contributed by atoms with Gasteiger partial charge in [-0.05, 0) is 37.1 Å². The molecular formula is C36H62CaO6S2. The van der Waals surface area contributed by atoms with Crippen molar-refractivity contribution in [2.24, 2.45) is 0 Å². The summed E-state index contributed by atoms with van der Waals surface area (Å²) < 4.78 is 57.6. The van der Waals surface area contributed by atoms with E-state index in [9.17, 15) is 16.8 Å². The van der Waals surface area contributed by atoms with E-state index in [-0.39, 0.29) is 60.7 Å². The second-order valence-corrected chi connectivity index (χ2v) is 14.8. The van der Waals surface area contributed by atoms with Gasteiger partial charge in [0.2, 0.25) is 0 Å². The van der Waals surface area contributed by atoms with Crippen LogP contribution in [0.3, 0.4) is 0 Å². The summed E-state index contributed by atoms with van der Waals surface area (Å²) in [5, 5.41) is 0. The van der Waals surface area contributed by atoms with Crippen LogP contribution in [0.2, 0.25) is 0 Å². The average Bonchev–Trinajstić information content (AvgIpc) is 3.03. The van der Waals surface area contributed by atoms with Crippen LogP contribution in [0.4, 0.5) is 0 Å². The molecule has 0 atom stereocenters. The van der Waals surface area contributed by atoms with E-state index in [2.05, 4.69) is 13.8 Å². The predicted molar refractivity (Wildman–Crippen MR) is 191 cm³/mol. The molecular weight excluding hydrogens is 633 g/mol. The van der Waals surface area contributed by atoms with Gasteiger partial charge in [0.25, 0.3) is 20.2 Å². The molecule has 0 heterocycles. The summed E-state index contributed by atoms with van der Waals surface area (Å²) in [4.78, 5) is 0.476. The minimum absolute atomic E-state index is 0. The van der Waals surface area contributed by atoms with Crippen molar-refractivity contribution in [1.82, 2.24) is 0 Å². The number of hydrogen-bond donors (Lipinski definition) is 0. The summed E-state index contributed by atoms with van der Waals surface area (Å²) in [6, 6.07) is 16.7. The molecule has 0 fully saturated rings. The summed E-state index contributed by atoms with van der Waals surface area (Å²) >= 11 is 0. The van der Waals surface area contributed by atoms with Gasteiger partial charge in [0.05, 0.1) is 23.0 Å². The first-order chi connectivity index (χ1) is 21.3. The fourth-order valence-electron chi connectivity index (χ4n) is 4.83. The van der Waals surface area contributed by atoms with Crippen LogP contribution in [0.15, 0.2) is 70.5 Å². The summed E-state index contributed by atoms with van der Waals surface area (Å²) in [7, 11) is -7.14. The van der Waals surface area contributed by atoms with Gasteiger partial charge in [0, 0.05) is 0 Å². The molecule has 0 unspecified atom stereocenters. The van der Waals surface area contributed by atoms with Gasteiger partial charge in [0.1, 0.15) is 0 Å². The third kappa shape index (κ3) is 24.3.